The number of hydrogen-bond donors (Lipinski definition) is 1. The maximum absolute atomic E-state index is 13.5. The van der Waals surface area contributed by atoms with E-state index in [9.17, 15) is 9.59 Å². The van der Waals surface area contributed by atoms with E-state index in [2.05, 4.69) is 17.2 Å². The molecule has 178 valence electrons. The molecule has 0 saturated carbocycles. The van der Waals surface area contributed by atoms with Crippen molar-refractivity contribution in [1.82, 2.24) is 15.2 Å². The average molecular weight is 454 g/mol. The molecule has 2 atom stereocenters. The fourth-order valence-electron chi connectivity index (χ4n) is 4.32. The fourth-order valence-corrected chi connectivity index (χ4v) is 4.32. The van der Waals surface area contributed by atoms with Gasteiger partial charge in [0.15, 0.2) is 0 Å². The van der Waals surface area contributed by atoms with Crippen molar-refractivity contribution in [3.05, 3.63) is 53.7 Å². The Labute approximate surface area is 196 Å². The minimum atomic E-state index is -0.368. The number of amides is 2. The van der Waals surface area contributed by atoms with Gasteiger partial charge in [0.2, 0.25) is 17.7 Å². The highest BCUT2D eigenvalue weighted by Gasteiger charge is 2.41. The van der Waals surface area contributed by atoms with E-state index in [1.807, 2.05) is 48.2 Å². The van der Waals surface area contributed by atoms with Gasteiger partial charge in [-0.3, -0.25) is 9.59 Å². The van der Waals surface area contributed by atoms with E-state index in [0.29, 0.717) is 44.2 Å². The maximum Gasteiger partial charge on any atom is 0.225 e. The van der Waals surface area contributed by atoms with E-state index in [1.54, 1.807) is 13.3 Å². The molecule has 1 aliphatic rings. The van der Waals surface area contributed by atoms with Gasteiger partial charge in [0.05, 0.1) is 25.7 Å². The molecule has 1 aromatic carbocycles. The second kappa shape index (κ2) is 12.2. The third-order valence-corrected chi connectivity index (χ3v) is 6.00. The zero-order valence-electron chi connectivity index (χ0n) is 19.9. The molecule has 2 amide bonds. The van der Waals surface area contributed by atoms with Crippen LogP contribution in [0.3, 0.4) is 0 Å². The van der Waals surface area contributed by atoms with E-state index in [0.717, 1.165) is 30.4 Å². The molecular weight excluding hydrogens is 418 g/mol. The predicted octanol–water partition coefficient (Wildman–Crippen LogP) is 4.28. The van der Waals surface area contributed by atoms with E-state index < -0.39 is 0 Å². The first-order valence-corrected chi connectivity index (χ1v) is 11.9. The second-order valence-corrected chi connectivity index (χ2v) is 8.31. The van der Waals surface area contributed by atoms with E-state index in [-0.39, 0.29) is 23.8 Å². The van der Waals surface area contributed by atoms with Gasteiger partial charge in [-0.2, -0.15) is 0 Å². The summed E-state index contributed by atoms with van der Waals surface area (Å²) in [6.45, 7) is 5.66. The van der Waals surface area contributed by atoms with Crippen LogP contribution in [0.4, 0.5) is 0 Å². The molecule has 1 aliphatic heterocycles. The molecule has 2 aromatic rings. The van der Waals surface area contributed by atoms with E-state index in [1.165, 1.54) is 0 Å². The number of rotatable bonds is 11. The maximum atomic E-state index is 13.5. The lowest BCUT2D eigenvalue weighted by molar-refractivity contribution is -0.143. The van der Waals surface area contributed by atoms with Gasteiger partial charge in [0, 0.05) is 36.8 Å². The standard InChI is InChI=1S/C26H35N3O4/c1-4-6-16-29-23(30)14-13-21(24(29)20-11-7-8-12-22(20)32-3)25(31)28-18-19-10-9-15-27-26(19)33-17-5-2/h7-12,15,21,24H,4-6,13-14,16-18H2,1-3H3,(H,28,31). The molecule has 1 aromatic heterocycles. The van der Waals surface area contributed by atoms with Crippen LogP contribution >= 0.6 is 0 Å². The summed E-state index contributed by atoms with van der Waals surface area (Å²) in [7, 11) is 1.62. The first-order chi connectivity index (χ1) is 16.1. The first kappa shape index (κ1) is 24.6. The molecule has 2 heterocycles. The Hall–Kier alpha value is -3.09. The molecule has 0 spiro atoms. The molecule has 33 heavy (non-hydrogen) atoms. The van der Waals surface area contributed by atoms with Crippen molar-refractivity contribution in [1.29, 1.82) is 0 Å². The molecular formula is C26H35N3O4. The summed E-state index contributed by atoms with van der Waals surface area (Å²) in [6.07, 6.45) is 5.30. The van der Waals surface area contributed by atoms with Crippen LogP contribution < -0.4 is 14.8 Å². The van der Waals surface area contributed by atoms with Gasteiger partial charge < -0.3 is 19.7 Å². The number of nitrogens with zero attached hydrogens (tertiary/aromatic N) is 2. The zero-order valence-corrected chi connectivity index (χ0v) is 19.9. The zero-order chi connectivity index (χ0) is 23.6. The quantitative estimate of drug-likeness (QED) is 0.549. The number of ether oxygens (including phenoxy) is 2. The summed E-state index contributed by atoms with van der Waals surface area (Å²) in [5, 5.41) is 3.08. The Balaban J connectivity index is 1.84. The SMILES string of the molecule is CCCCN1C(=O)CCC(C(=O)NCc2cccnc2OCCC)C1c1ccccc1OC. The molecule has 3 rings (SSSR count). The normalized spacial score (nSPS) is 18.2. The second-order valence-electron chi connectivity index (χ2n) is 8.31. The molecule has 0 aliphatic carbocycles. The minimum Gasteiger partial charge on any atom is -0.496 e. The lowest BCUT2D eigenvalue weighted by Crippen LogP contribution is -2.48. The number of hydrogen-bond acceptors (Lipinski definition) is 5. The van der Waals surface area contributed by atoms with Gasteiger partial charge >= 0.3 is 0 Å². The van der Waals surface area contributed by atoms with Crippen LogP contribution in [0.25, 0.3) is 0 Å². The molecule has 1 saturated heterocycles. The van der Waals surface area contributed by atoms with Crippen LogP contribution in [0.15, 0.2) is 42.6 Å². The van der Waals surface area contributed by atoms with Gasteiger partial charge in [-0.15, -0.1) is 0 Å². The Morgan fingerprint density at radius 1 is 1.18 bits per heavy atom. The average Bonchev–Trinajstić information content (AvgIpc) is 2.85. The third-order valence-electron chi connectivity index (χ3n) is 6.00. The number of carbonyl (C=O) groups is 2. The molecule has 7 nitrogen and oxygen atoms in total. The summed E-state index contributed by atoms with van der Waals surface area (Å²) in [5.74, 6) is 0.881. The van der Waals surface area contributed by atoms with Gasteiger partial charge in [-0.05, 0) is 31.4 Å². The molecule has 1 N–H and O–H groups in total. The van der Waals surface area contributed by atoms with Crippen molar-refractivity contribution >= 4 is 11.8 Å². The smallest absolute Gasteiger partial charge is 0.225 e. The van der Waals surface area contributed by atoms with Crippen molar-refractivity contribution in [2.24, 2.45) is 5.92 Å². The van der Waals surface area contributed by atoms with E-state index >= 15 is 0 Å². The number of aromatic nitrogens is 1. The third kappa shape index (κ3) is 6.03. The van der Waals surface area contributed by atoms with Gasteiger partial charge in [-0.25, -0.2) is 4.98 Å². The van der Waals surface area contributed by atoms with Crippen LogP contribution in [0.5, 0.6) is 11.6 Å². The molecule has 0 radical (unpaired) electrons. The Morgan fingerprint density at radius 3 is 2.76 bits per heavy atom. The molecule has 0 bridgehead atoms. The fraction of sp³-hybridized carbons (Fsp3) is 0.500. The molecule has 7 heteroatoms. The predicted molar refractivity (Wildman–Crippen MR) is 127 cm³/mol. The number of carbonyl (C=O) groups excluding carboxylic acids is 2. The molecule has 1 fully saturated rings. The minimum absolute atomic E-state index is 0.0785. The molecule has 2 unspecified atom stereocenters. The summed E-state index contributed by atoms with van der Waals surface area (Å²) >= 11 is 0. The topological polar surface area (TPSA) is 80.8 Å². The largest absolute Gasteiger partial charge is 0.496 e. The highest BCUT2D eigenvalue weighted by atomic mass is 16.5. The van der Waals surface area contributed by atoms with Crippen molar-refractivity contribution in [2.45, 2.75) is 58.5 Å². The van der Waals surface area contributed by atoms with E-state index in [4.69, 9.17) is 9.47 Å². The Kier molecular flexibility index (Phi) is 9.10. The van der Waals surface area contributed by atoms with Crippen LogP contribution in [0, 0.1) is 5.92 Å². The number of para-hydroxylation sites is 1. The Morgan fingerprint density at radius 2 is 2.00 bits per heavy atom. The summed E-state index contributed by atoms with van der Waals surface area (Å²) < 4.78 is 11.3. The van der Waals surface area contributed by atoms with Crippen LogP contribution in [-0.4, -0.2) is 42.0 Å². The summed E-state index contributed by atoms with van der Waals surface area (Å²) in [6, 6.07) is 11.1. The van der Waals surface area contributed by atoms with Crippen molar-refractivity contribution in [3.8, 4) is 11.6 Å². The van der Waals surface area contributed by atoms with Crippen LogP contribution in [0.1, 0.15) is 63.1 Å². The van der Waals surface area contributed by atoms with Crippen LogP contribution in [0.2, 0.25) is 0 Å². The van der Waals surface area contributed by atoms with Crippen molar-refractivity contribution in [2.75, 3.05) is 20.3 Å². The van der Waals surface area contributed by atoms with Gasteiger partial charge in [0.1, 0.15) is 5.75 Å². The first-order valence-electron chi connectivity index (χ1n) is 11.9. The van der Waals surface area contributed by atoms with Gasteiger partial charge in [0.25, 0.3) is 0 Å². The van der Waals surface area contributed by atoms with Crippen molar-refractivity contribution < 1.29 is 19.1 Å². The number of unbranched alkanes of at least 4 members (excludes halogenated alkanes) is 1. The van der Waals surface area contributed by atoms with Crippen LogP contribution in [-0.2, 0) is 16.1 Å². The van der Waals surface area contributed by atoms with Gasteiger partial charge in [-0.1, -0.05) is 44.5 Å². The monoisotopic (exact) mass is 453 g/mol. The number of methoxy groups -OCH3 is 1. The number of benzene rings is 1. The number of pyridine rings is 1. The number of nitrogens with one attached hydrogen (secondary N) is 1. The van der Waals surface area contributed by atoms with Crippen molar-refractivity contribution in [3.63, 3.8) is 0 Å². The highest BCUT2D eigenvalue weighted by molar-refractivity contribution is 5.85. The summed E-state index contributed by atoms with van der Waals surface area (Å²) in [5.41, 5.74) is 1.71. The lowest BCUT2D eigenvalue weighted by Gasteiger charge is -2.41. The summed E-state index contributed by atoms with van der Waals surface area (Å²) in [4.78, 5) is 32.5. The Bertz CT molecular complexity index is 933. The number of likely N-dealkylation sites (tertiary alicyclic amines) is 1. The number of piperidine rings is 1. The lowest BCUT2D eigenvalue weighted by atomic mass is 9.83. The highest BCUT2D eigenvalue weighted by Crippen LogP contribution is 2.41.